The molecule has 1 aromatic heterocycles. The zero-order chi connectivity index (χ0) is 13.5. The van der Waals surface area contributed by atoms with Gasteiger partial charge in [0, 0.05) is 12.6 Å². The summed E-state index contributed by atoms with van der Waals surface area (Å²) in [6, 6.07) is 3.27. The molecule has 0 saturated carbocycles. The lowest BCUT2D eigenvalue weighted by Crippen LogP contribution is -2.38. The normalized spacial score (nSPS) is 12.0. The molecule has 0 bridgehead atoms. The number of nitrogens with one attached hydrogen (secondary N) is 2. The molecule has 1 heterocycles. The van der Waals surface area contributed by atoms with E-state index >= 15 is 0 Å². The summed E-state index contributed by atoms with van der Waals surface area (Å²) in [7, 11) is 0. The highest BCUT2D eigenvalue weighted by Gasteiger charge is 2.11. The van der Waals surface area contributed by atoms with Gasteiger partial charge in [-0.25, -0.2) is 9.78 Å². The van der Waals surface area contributed by atoms with Gasteiger partial charge in [-0.15, -0.1) is 0 Å². The maximum absolute atomic E-state index is 11.8. The molecule has 5 nitrogen and oxygen atoms in total. The van der Waals surface area contributed by atoms with Crippen LogP contribution in [0.4, 0.5) is 10.5 Å². The fraction of sp³-hybridized carbons (Fsp3) is 0.500. The number of carbonyl (C=O) groups is 1. The van der Waals surface area contributed by atoms with E-state index in [1.54, 1.807) is 12.1 Å². The third-order valence-electron chi connectivity index (χ3n) is 2.61. The minimum Gasteiger partial charge on any atom is -0.396 e. The highest BCUT2D eigenvalue weighted by Crippen LogP contribution is 2.15. The minimum absolute atomic E-state index is 0.0151. The second-order valence-electron chi connectivity index (χ2n) is 3.98. The molecule has 0 fully saturated rings. The average molecular weight is 316 g/mol. The summed E-state index contributed by atoms with van der Waals surface area (Å²) in [5.41, 5.74) is 1.42. The Morgan fingerprint density at radius 1 is 1.56 bits per heavy atom. The number of aliphatic hydroxyl groups is 1. The third kappa shape index (κ3) is 4.62. The van der Waals surface area contributed by atoms with E-state index in [9.17, 15) is 4.79 Å². The van der Waals surface area contributed by atoms with Crippen molar-refractivity contribution < 1.29 is 9.90 Å². The first kappa shape index (κ1) is 14.9. The monoisotopic (exact) mass is 315 g/mol. The lowest BCUT2D eigenvalue weighted by Gasteiger charge is -2.16. The molecular weight excluding hydrogens is 298 g/mol. The molecule has 6 heteroatoms. The van der Waals surface area contributed by atoms with E-state index in [-0.39, 0.29) is 18.7 Å². The van der Waals surface area contributed by atoms with Crippen molar-refractivity contribution in [2.24, 2.45) is 0 Å². The maximum atomic E-state index is 11.8. The van der Waals surface area contributed by atoms with Gasteiger partial charge in [0.05, 0.1) is 11.4 Å². The van der Waals surface area contributed by atoms with Gasteiger partial charge in [0.15, 0.2) is 0 Å². The molecule has 0 saturated heterocycles. The number of hydrogen-bond donors (Lipinski definition) is 3. The van der Waals surface area contributed by atoms with E-state index in [0.29, 0.717) is 12.1 Å². The lowest BCUT2D eigenvalue weighted by molar-refractivity contribution is 0.237. The highest BCUT2D eigenvalue weighted by molar-refractivity contribution is 9.10. The summed E-state index contributed by atoms with van der Waals surface area (Å²) in [4.78, 5) is 15.9. The van der Waals surface area contributed by atoms with Crippen LogP contribution in [0.15, 0.2) is 16.7 Å². The molecule has 2 amide bonds. The molecule has 0 aromatic carbocycles. The molecule has 3 N–H and O–H groups in total. The molecule has 0 spiro atoms. The smallest absolute Gasteiger partial charge is 0.319 e. The van der Waals surface area contributed by atoms with Gasteiger partial charge in [0.1, 0.15) is 4.60 Å². The summed E-state index contributed by atoms with van der Waals surface area (Å²) in [5, 5.41) is 14.4. The van der Waals surface area contributed by atoms with Crippen LogP contribution in [0.3, 0.4) is 0 Å². The van der Waals surface area contributed by atoms with Gasteiger partial charge >= 0.3 is 6.03 Å². The molecule has 18 heavy (non-hydrogen) atoms. The van der Waals surface area contributed by atoms with Gasteiger partial charge in [-0.3, -0.25) is 0 Å². The van der Waals surface area contributed by atoms with Crippen LogP contribution in [0.5, 0.6) is 0 Å². The Morgan fingerprint density at radius 2 is 2.28 bits per heavy atom. The van der Waals surface area contributed by atoms with Crippen molar-refractivity contribution in [3.05, 3.63) is 22.4 Å². The van der Waals surface area contributed by atoms with Crippen molar-refractivity contribution in [3.63, 3.8) is 0 Å². The van der Waals surface area contributed by atoms with Gasteiger partial charge in [0.25, 0.3) is 0 Å². The number of rotatable bonds is 5. The molecule has 100 valence electrons. The van der Waals surface area contributed by atoms with Gasteiger partial charge in [0.2, 0.25) is 0 Å². The van der Waals surface area contributed by atoms with Crippen molar-refractivity contribution in [2.45, 2.75) is 32.7 Å². The van der Waals surface area contributed by atoms with Crippen molar-refractivity contribution in [3.8, 4) is 0 Å². The predicted octanol–water partition coefficient (Wildman–Crippen LogP) is 2.44. The number of nitrogens with zero attached hydrogens (tertiary/aromatic N) is 1. The standard InChI is InChI=1S/C12H18BrN3O2/c1-3-9(6-7-17)15-12(18)16-10-4-5-11(13)14-8(10)2/h4-5,9,17H,3,6-7H2,1-2H3,(H2,15,16,18). The Labute approximate surface area is 115 Å². The Bertz CT molecular complexity index is 412. The van der Waals surface area contributed by atoms with Crippen LogP contribution in [0.2, 0.25) is 0 Å². The van der Waals surface area contributed by atoms with E-state index in [1.807, 2.05) is 13.8 Å². The molecule has 0 radical (unpaired) electrons. The first-order valence-electron chi connectivity index (χ1n) is 5.88. The quantitative estimate of drug-likeness (QED) is 0.731. The first-order valence-corrected chi connectivity index (χ1v) is 6.67. The number of aryl methyl sites for hydroxylation is 1. The Morgan fingerprint density at radius 3 is 2.83 bits per heavy atom. The van der Waals surface area contributed by atoms with Gasteiger partial charge < -0.3 is 15.7 Å². The van der Waals surface area contributed by atoms with Crippen molar-refractivity contribution in [2.75, 3.05) is 11.9 Å². The topological polar surface area (TPSA) is 74.2 Å². The van der Waals surface area contributed by atoms with Crippen LogP contribution < -0.4 is 10.6 Å². The van der Waals surface area contributed by atoms with Crippen molar-refractivity contribution in [1.82, 2.24) is 10.3 Å². The Kier molecular flexibility index (Phi) is 6.07. The second-order valence-corrected chi connectivity index (χ2v) is 4.80. The van der Waals surface area contributed by atoms with E-state index < -0.39 is 0 Å². The minimum atomic E-state index is -0.275. The third-order valence-corrected chi connectivity index (χ3v) is 3.05. The number of amides is 2. The maximum Gasteiger partial charge on any atom is 0.319 e. The first-order chi connectivity index (χ1) is 8.56. The second kappa shape index (κ2) is 7.33. The predicted molar refractivity (Wildman–Crippen MR) is 74.6 cm³/mol. The van der Waals surface area contributed by atoms with Crippen LogP contribution in [-0.4, -0.2) is 28.8 Å². The summed E-state index contributed by atoms with van der Waals surface area (Å²) in [5.74, 6) is 0. The summed E-state index contributed by atoms with van der Waals surface area (Å²) < 4.78 is 0.734. The Hall–Kier alpha value is -1.14. The summed E-state index contributed by atoms with van der Waals surface area (Å²) in [6.45, 7) is 3.86. The fourth-order valence-corrected chi connectivity index (χ4v) is 1.94. The van der Waals surface area contributed by atoms with Crippen LogP contribution in [0, 0.1) is 6.92 Å². The zero-order valence-electron chi connectivity index (χ0n) is 10.5. The summed E-state index contributed by atoms with van der Waals surface area (Å²) >= 11 is 3.27. The number of urea groups is 1. The van der Waals surface area contributed by atoms with Gasteiger partial charge in [-0.2, -0.15) is 0 Å². The zero-order valence-corrected chi connectivity index (χ0v) is 12.1. The largest absolute Gasteiger partial charge is 0.396 e. The van der Waals surface area contributed by atoms with Crippen molar-refractivity contribution in [1.29, 1.82) is 0 Å². The lowest BCUT2D eigenvalue weighted by atomic mass is 10.2. The number of anilines is 1. The molecule has 1 unspecified atom stereocenters. The van der Waals surface area contributed by atoms with Crippen molar-refractivity contribution >= 4 is 27.6 Å². The molecule has 0 aliphatic carbocycles. The number of halogens is 1. The van der Waals surface area contributed by atoms with Gasteiger partial charge in [-0.1, -0.05) is 6.92 Å². The highest BCUT2D eigenvalue weighted by atomic mass is 79.9. The van der Waals surface area contributed by atoms with Crippen LogP contribution in [-0.2, 0) is 0 Å². The van der Waals surface area contributed by atoms with Crippen LogP contribution >= 0.6 is 15.9 Å². The SMILES string of the molecule is CCC(CCO)NC(=O)Nc1ccc(Br)nc1C. The van der Waals surface area contributed by atoms with E-state index in [2.05, 4.69) is 31.5 Å². The number of pyridine rings is 1. The molecule has 1 aromatic rings. The molecule has 1 atom stereocenters. The number of carbonyl (C=O) groups excluding carboxylic acids is 1. The number of hydrogen-bond acceptors (Lipinski definition) is 3. The van der Waals surface area contributed by atoms with Gasteiger partial charge in [-0.05, 0) is 47.8 Å². The Balaban J connectivity index is 2.58. The molecular formula is C12H18BrN3O2. The summed E-state index contributed by atoms with van der Waals surface area (Å²) in [6.07, 6.45) is 1.34. The van der Waals surface area contributed by atoms with E-state index in [0.717, 1.165) is 16.7 Å². The van der Waals surface area contributed by atoms with Crippen LogP contribution in [0.25, 0.3) is 0 Å². The number of aromatic nitrogens is 1. The van der Waals surface area contributed by atoms with Crippen LogP contribution in [0.1, 0.15) is 25.5 Å². The van der Waals surface area contributed by atoms with E-state index in [1.165, 1.54) is 0 Å². The molecule has 1 rings (SSSR count). The fourth-order valence-electron chi connectivity index (χ4n) is 1.54. The average Bonchev–Trinajstić information content (AvgIpc) is 2.32. The number of aliphatic hydroxyl groups excluding tert-OH is 1. The van der Waals surface area contributed by atoms with E-state index in [4.69, 9.17) is 5.11 Å². The molecule has 0 aliphatic rings. The molecule has 0 aliphatic heterocycles.